The van der Waals surface area contributed by atoms with Crippen molar-refractivity contribution in [3.05, 3.63) is 60.2 Å². The third kappa shape index (κ3) is 4.18. The van der Waals surface area contributed by atoms with E-state index in [1.807, 2.05) is 43.3 Å². The van der Waals surface area contributed by atoms with Crippen LogP contribution >= 0.6 is 0 Å². The molecular weight excluding hydrogens is 492 g/mol. The van der Waals surface area contributed by atoms with Crippen molar-refractivity contribution in [2.45, 2.75) is 52.1 Å². The normalized spacial score (nSPS) is 35.3. The SMILES string of the molecule is CC(=O)C12CC(C3(C)CN(C)CCN(C)C3)N[N+](C(C)=O)(C1=O)C(c1ccccn1)C(C)C2c1ccccn1. The third-order valence-electron chi connectivity index (χ3n) is 9.65. The Balaban J connectivity index is 1.80. The molecule has 2 aromatic rings. The number of nitrogens with one attached hydrogen (secondary N) is 1. The second-order valence-corrected chi connectivity index (χ2v) is 12.4. The van der Waals surface area contributed by atoms with Gasteiger partial charge in [-0.25, -0.2) is 9.59 Å². The highest BCUT2D eigenvalue weighted by Gasteiger charge is 2.76. The first kappa shape index (κ1) is 27.7. The molecule has 0 aliphatic carbocycles. The number of ketones is 1. The van der Waals surface area contributed by atoms with Gasteiger partial charge in [0.25, 0.3) is 0 Å². The quantitative estimate of drug-likeness (QED) is 0.473. The van der Waals surface area contributed by atoms with Gasteiger partial charge in [-0.15, -0.1) is 10.0 Å². The molecule has 6 atom stereocenters. The second kappa shape index (κ2) is 9.96. The number of pyridine rings is 2. The molecule has 0 spiro atoms. The second-order valence-electron chi connectivity index (χ2n) is 12.4. The van der Waals surface area contributed by atoms with Crippen LogP contribution in [0.5, 0.6) is 0 Å². The average Bonchev–Trinajstić information content (AvgIpc) is 3.03. The molecule has 208 valence electrons. The number of rotatable bonds is 4. The molecule has 5 heterocycles. The number of imide groups is 1. The topological polar surface area (TPSA) is 95.5 Å². The predicted octanol–water partition coefficient (Wildman–Crippen LogP) is 2.58. The number of aromatic nitrogens is 2. The van der Waals surface area contributed by atoms with Crippen LogP contribution in [0.3, 0.4) is 0 Å². The molecule has 0 radical (unpaired) electrons. The minimum atomic E-state index is -1.41. The van der Waals surface area contributed by atoms with E-state index in [4.69, 9.17) is 4.98 Å². The molecule has 1 N–H and O–H groups in total. The summed E-state index contributed by atoms with van der Waals surface area (Å²) in [5.41, 5.74) is 3.24. The Morgan fingerprint density at radius 3 is 2.03 bits per heavy atom. The first-order chi connectivity index (χ1) is 18.5. The number of likely N-dealkylation sites (N-methyl/N-ethyl adjacent to an activating group) is 2. The Morgan fingerprint density at radius 2 is 1.54 bits per heavy atom. The highest BCUT2D eigenvalue weighted by atomic mass is 16.2. The van der Waals surface area contributed by atoms with Gasteiger partial charge in [0.05, 0.1) is 13.0 Å². The largest absolute Gasteiger partial charge is 0.355 e. The number of quaternary nitrogens is 1. The zero-order valence-corrected chi connectivity index (χ0v) is 23.9. The average molecular weight is 534 g/mol. The fourth-order valence-electron chi connectivity index (χ4n) is 7.97. The zero-order chi connectivity index (χ0) is 28.2. The molecule has 0 aromatic carbocycles. The molecule has 39 heavy (non-hydrogen) atoms. The Bertz CT molecular complexity index is 1170. The molecule has 2 bridgehead atoms. The van der Waals surface area contributed by atoms with Crippen molar-refractivity contribution in [3.8, 4) is 0 Å². The van der Waals surface area contributed by atoms with Gasteiger partial charge in [0.2, 0.25) is 0 Å². The number of hydrogen-bond donors (Lipinski definition) is 1. The smallest absolute Gasteiger partial charge is 0.304 e. The zero-order valence-electron chi connectivity index (χ0n) is 23.9. The van der Waals surface area contributed by atoms with Crippen molar-refractivity contribution >= 4 is 17.6 Å². The fraction of sp³-hybridized carbons (Fsp3) is 0.567. The maximum atomic E-state index is 15.0. The van der Waals surface area contributed by atoms with Gasteiger partial charge < -0.3 is 9.80 Å². The van der Waals surface area contributed by atoms with E-state index in [2.05, 4.69) is 41.2 Å². The Morgan fingerprint density at radius 1 is 0.974 bits per heavy atom. The van der Waals surface area contributed by atoms with Crippen LogP contribution in [0.25, 0.3) is 0 Å². The number of piperidine rings is 1. The first-order valence-corrected chi connectivity index (χ1v) is 13.9. The Labute approximate surface area is 231 Å². The summed E-state index contributed by atoms with van der Waals surface area (Å²) in [6.07, 6.45) is 3.73. The Hall–Kier alpha value is -2.85. The molecular formula is C30H41N6O3+. The van der Waals surface area contributed by atoms with Crippen molar-refractivity contribution in [1.29, 1.82) is 0 Å². The van der Waals surface area contributed by atoms with E-state index in [1.165, 1.54) is 13.8 Å². The molecule has 2 amide bonds. The van der Waals surface area contributed by atoms with Crippen LogP contribution in [0.1, 0.15) is 57.5 Å². The van der Waals surface area contributed by atoms with E-state index >= 15 is 0 Å². The van der Waals surface area contributed by atoms with E-state index in [9.17, 15) is 14.4 Å². The lowest BCUT2D eigenvalue weighted by Crippen LogP contribution is -2.83. The van der Waals surface area contributed by atoms with Gasteiger partial charge in [-0.1, -0.05) is 26.0 Å². The van der Waals surface area contributed by atoms with Gasteiger partial charge in [0.1, 0.15) is 11.5 Å². The summed E-state index contributed by atoms with van der Waals surface area (Å²) >= 11 is 0. The third-order valence-corrected chi connectivity index (χ3v) is 9.65. The van der Waals surface area contributed by atoms with Gasteiger partial charge in [-0.3, -0.25) is 14.8 Å². The number of nitrogens with zero attached hydrogens (tertiary/aromatic N) is 5. The molecule has 3 saturated heterocycles. The molecule has 0 saturated carbocycles. The number of fused-ring (bicyclic) bond motifs is 2. The number of carbonyl (C=O) groups excluding carboxylic acids is 3. The van der Waals surface area contributed by atoms with Crippen LogP contribution in [0, 0.1) is 16.7 Å². The van der Waals surface area contributed by atoms with E-state index in [1.54, 1.807) is 12.4 Å². The van der Waals surface area contributed by atoms with Crippen molar-refractivity contribution in [2.24, 2.45) is 16.7 Å². The number of amides is 2. The van der Waals surface area contributed by atoms with Crippen molar-refractivity contribution in [2.75, 3.05) is 40.3 Å². The number of Topliss-reactive ketones (excluding diaryl/α,β-unsaturated/α-hetero) is 1. The van der Waals surface area contributed by atoms with Gasteiger partial charge in [-0.2, -0.15) is 0 Å². The lowest BCUT2D eigenvalue weighted by molar-refractivity contribution is -0.878. The van der Waals surface area contributed by atoms with Crippen LogP contribution in [-0.2, 0) is 14.4 Å². The van der Waals surface area contributed by atoms with Gasteiger partial charge >= 0.3 is 11.8 Å². The van der Waals surface area contributed by atoms with Crippen molar-refractivity contribution < 1.29 is 19.0 Å². The highest BCUT2D eigenvalue weighted by Crippen LogP contribution is 2.61. The fourth-order valence-corrected chi connectivity index (χ4v) is 7.97. The Kier molecular flexibility index (Phi) is 7.08. The van der Waals surface area contributed by atoms with Crippen molar-refractivity contribution in [1.82, 2.24) is 25.2 Å². The van der Waals surface area contributed by atoms with Crippen LogP contribution in [0.4, 0.5) is 0 Å². The van der Waals surface area contributed by atoms with E-state index in [0.717, 1.165) is 26.2 Å². The summed E-state index contributed by atoms with van der Waals surface area (Å²) in [5, 5.41) is 0. The molecule has 6 unspecified atom stereocenters. The minimum Gasteiger partial charge on any atom is -0.304 e. The lowest BCUT2D eigenvalue weighted by Gasteiger charge is -2.60. The molecule has 9 nitrogen and oxygen atoms in total. The molecule has 2 aromatic heterocycles. The van der Waals surface area contributed by atoms with Gasteiger partial charge in [-0.05, 0) is 51.7 Å². The standard InChI is InChI=1S/C30H41N6O3/c1-20-26(23-11-7-9-13-31-23)30(21(2)37)17-25(29(4)18-34(5)15-16-35(6)19-29)33-36(22(3)38,28(30)39)27(20)24-12-8-10-14-32-24/h7-14,20,25-27,33H,15-19H2,1-6H3/q+1. The van der Waals surface area contributed by atoms with Crippen LogP contribution in [0.15, 0.2) is 48.8 Å². The first-order valence-electron chi connectivity index (χ1n) is 13.9. The summed E-state index contributed by atoms with van der Waals surface area (Å²) in [6, 6.07) is 10.3. The summed E-state index contributed by atoms with van der Waals surface area (Å²) in [6.45, 7) is 10.6. The minimum absolute atomic E-state index is 0.205. The summed E-state index contributed by atoms with van der Waals surface area (Å²) in [4.78, 5) is 56.8. The van der Waals surface area contributed by atoms with Crippen molar-refractivity contribution in [3.63, 3.8) is 0 Å². The molecule has 3 aliphatic heterocycles. The van der Waals surface area contributed by atoms with E-state index in [-0.39, 0.29) is 35.0 Å². The van der Waals surface area contributed by atoms with Gasteiger partial charge in [0, 0.05) is 61.5 Å². The summed E-state index contributed by atoms with van der Waals surface area (Å²) in [7, 11) is 4.22. The molecule has 3 aliphatic rings. The summed E-state index contributed by atoms with van der Waals surface area (Å²) in [5.74, 6) is -1.71. The summed E-state index contributed by atoms with van der Waals surface area (Å²) < 4.78 is -0.616. The molecule has 9 heteroatoms. The van der Waals surface area contributed by atoms with E-state index in [0.29, 0.717) is 17.8 Å². The van der Waals surface area contributed by atoms with Gasteiger partial charge in [0.15, 0.2) is 11.5 Å². The maximum absolute atomic E-state index is 15.0. The number of carbonyl (C=O) groups is 3. The van der Waals surface area contributed by atoms with Crippen LogP contribution in [0.2, 0.25) is 0 Å². The maximum Gasteiger partial charge on any atom is 0.355 e. The molecule has 3 fully saturated rings. The van der Waals surface area contributed by atoms with Crippen LogP contribution < -0.4 is 5.43 Å². The van der Waals surface area contributed by atoms with Crippen LogP contribution in [-0.4, -0.2) is 88.3 Å². The molecule has 5 rings (SSSR count). The lowest BCUT2D eigenvalue weighted by atomic mass is 9.54. The monoisotopic (exact) mass is 533 g/mol. The highest BCUT2D eigenvalue weighted by molar-refractivity contribution is 6.07. The van der Waals surface area contributed by atoms with E-state index < -0.39 is 22.0 Å². The number of hydrogen-bond acceptors (Lipinski definition) is 8. The predicted molar refractivity (Wildman–Crippen MR) is 147 cm³/mol.